The quantitative estimate of drug-likeness (QED) is 0.907. The highest BCUT2D eigenvalue weighted by atomic mass is 16.1. The van der Waals surface area contributed by atoms with Crippen molar-refractivity contribution in [3.8, 4) is 0 Å². The molecule has 0 radical (unpaired) electrons. The molecular weight excluding hydrogens is 266 g/mol. The van der Waals surface area contributed by atoms with Crippen molar-refractivity contribution in [2.45, 2.75) is 44.7 Å². The van der Waals surface area contributed by atoms with Crippen LogP contribution in [0, 0.1) is 5.92 Å². The molecule has 4 rings (SSSR count). The van der Waals surface area contributed by atoms with E-state index in [1.807, 2.05) is 7.05 Å². The minimum Gasteiger partial charge on any atom is -0.309 e. The zero-order valence-corrected chi connectivity index (χ0v) is 12.4. The average molecular weight is 287 g/mol. The van der Waals surface area contributed by atoms with Crippen molar-refractivity contribution in [3.05, 3.63) is 22.4 Å². The van der Waals surface area contributed by atoms with Crippen LogP contribution < -0.4 is 5.56 Å². The minimum absolute atomic E-state index is 0.0810. The molecule has 21 heavy (non-hydrogen) atoms. The Hall–Kier alpha value is -1.69. The second-order valence-corrected chi connectivity index (χ2v) is 6.39. The van der Waals surface area contributed by atoms with Crippen molar-refractivity contribution in [1.82, 2.24) is 24.6 Å². The van der Waals surface area contributed by atoms with Gasteiger partial charge in [0, 0.05) is 13.1 Å². The first-order valence-electron chi connectivity index (χ1n) is 7.87. The van der Waals surface area contributed by atoms with E-state index in [1.54, 1.807) is 10.9 Å². The Morgan fingerprint density at radius 3 is 3.10 bits per heavy atom. The van der Waals surface area contributed by atoms with Crippen LogP contribution in [0.2, 0.25) is 0 Å². The smallest absolute Gasteiger partial charge is 0.262 e. The molecule has 1 saturated carbocycles. The molecule has 0 spiro atoms. The molecule has 1 aliphatic carbocycles. The Morgan fingerprint density at radius 1 is 1.33 bits per heavy atom. The summed E-state index contributed by atoms with van der Waals surface area (Å²) in [6, 6.07) is 0.686. The van der Waals surface area contributed by atoms with Crippen molar-refractivity contribution >= 4 is 11.0 Å². The molecule has 2 aromatic rings. The average Bonchev–Trinajstić information content (AvgIpc) is 3.05. The lowest BCUT2D eigenvalue weighted by Crippen LogP contribution is -2.35. The summed E-state index contributed by atoms with van der Waals surface area (Å²) in [4.78, 5) is 22.1. The number of hydrogen-bond donors (Lipinski definition) is 1. The van der Waals surface area contributed by atoms with Crippen LogP contribution in [0.5, 0.6) is 0 Å². The topological polar surface area (TPSA) is 66.8 Å². The van der Waals surface area contributed by atoms with Gasteiger partial charge in [-0.15, -0.1) is 0 Å². The van der Waals surface area contributed by atoms with E-state index in [2.05, 4.69) is 20.0 Å². The zero-order chi connectivity index (χ0) is 14.4. The summed E-state index contributed by atoms with van der Waals surface area (Å²) >= 11 is 0. The van der Waals surface area contributed by atoms with Crippen LogP contribution in [0.1, 0.15) is 37.9 Å². The van der Waals surface area contributed by atoms with Crippen molar-refractivity contribution < 1.29 is 0 Å². The number of H-pyrrole nitrogens is 1. The van der Waals surface area contributed by atoms with Crippen molar-refractivity contribution in [1.29, 1.82) is 0 Å². The monoisotopic (exact) mass is 287 g/mol. The molecule has 3 heterocycles. The predicted octanol–water partition coefficient (Wildman–Crippen LogP) is 1.42. The Labute approximate surface area is 123 Å². The zero-order valence-electron chi connectivity index (χ0n) is 12.4. The van der Waals surface area contributed by atoms with Gasteiger partial charge in [0.25, 0.3) is 5.56 Å². The summed E-state index contributed by atoms with van der Waals surface area (Å²) in [6.07, 6.45) is 8.25. The van der Waals surface area contributed by atoms with Gasteiger partial charge >= 0.3 is 0 Å². The molecule has 2 unspecified atom stereocenters. The molecule has 0 bridgehead atoms. The van der Waals surface area contributed by atoms with Crippen molar-refractivity contribution in [3.63, 3.8) is 0 Å². The highest BCUT2D eigenvalue weighted by molar-refractivity contribution is 5.72. The third-order valence-electron chi connectivity index (χ3n) is 5.13. The van der Waals surface area contributed by atoms with E-state index in [9.17, 15) is 4.79 Å². The fourth-order valence-electron chi connectivity index (χ4n) is 4.04. The lowest BCUT2D eigenvalue weighted by molar-refractivity contribution is 0.172. The highest BCUT2D eigenvalue weighted by Gasteiger charge is 2.35. The van der Waals surface area contributed by atoms with Gasteiger partial charge in [0.2, 0.25) is 0 Å². The van der Waals surface area contributed by atoms with E-state index in [4.69, 9.17) is 0 Å². The van der Waals surface area contributed by atoms with Crippen LogP contribution in [0.25, 0.3) is 11.0 Å². The van der Waals surface area contributed by atoms with Crippen LogP contribution in [0.4, 0.5) is 0 Å². The number of rotatable bonds is 2. The molecule has 2 atom stereocenters. The van der Waals surface area contributed by atoms with Gasteiger partial charge in [-0.05, 0) is 31.7 Å². The van der Waals surface area contributed by atoms with Gasteiger partial charge in [-0.25, -0.2) is 4.98 Å². The van der Waals surface area contributed by atoms with E-state index in [0.29, 0.717) is 17.1 Å². The summed E-state index contributed by atoms with van der Waals surface area (Å²) in [5.74, 6) is 1.62. The van der Waals surface area contributed by atoms with E-state index in [-0.39, 0.29) is 5.56 Å². The fourth-order valence-corrected chi connectivity index (χ4v) is 4.04. The number of nitrogens with zero attached hydrogens (tertiary/aromatic N) is 4. The molecule has 112 valence electrons. The molecule has 1 aliphatic heterocycles. The van der Waals surface area contributed by atoms with Gasteiger partial charge in [0.05, 0.1) is 12.7 Å². The van der Waals surface area contributed by atoms with Crippen LogP contribution in [-0.4, -0.2) is 37.2 Å². The maximum atomic E-state index is 12.1. The summed E-state index contributed by atoms with van der Waals surface area (Å²) < 4.78 is 1.67. The normalized spacial score (nSPS) is 26.3. The first-order valence-corrected chi connectivity index (χ1v) is 7.87. The fraction of sp³-hybridized carbons (Fsp3) is 0.667. The van der Waals surface area contributed by atoms with Crippen LogP contribution >= 0.6 is 0 Å². The molecular formula is C15H21N5O. The van der Waals surface area contributed by atoms with E-state index in [0.717, 1.165) is 24.8 Å². The van der Waals surface area contributed by atoms with E-state index in [1.165, 1.54) is 32.1 Å². The Balaban J connectivity index is 1.62. The summed E-state index contributed by atoms with van der Waals surface area (Å²) in [5, 5.41) is 4.68. The van der Waals surface area contributed by atoms with Gasteiger partial charge in [-0.3, -0.25) is 14.4 Å². The SMILES string of the molecule is Cn1ncc2c(=O)[nH]c(CN3CCC4CCCCC43)nc21. The van der Waals surface area contributed by atoms with Crippen LogP contribution in [-0.2, 0) is 13.6 Å². The number of aromatic nitrogens is 4. The number of nitrogens with one attached hydrogen (secondary N) is 1. The van der Waals surface area contributed by atoms with Crippen LogP contribution in [0.15, 0.2) is 11.0 Å². The first kappa shape index (κ1) is 13.0. The molecule has 6 heteroatoms. The standard InChI is InChI=1S/C15H21N5O/c1-19-14-11(8-16-19)15(21)18-13(17-14)9-20-7-6-10-4-2-3-5-12(10)20/h8,10,12H,2-7,9H2,1H3,(H,17,18,21). The van der Waals surface area contributed by atoms with Crippen molar-refractivity contribution in [2.75, 3.05) is 6.54 Å². The summed E-state index contributed by atoms with van der Waals surface area (Å²) in [6.45, 7) is 1.87. The second kappa shape index (κ2) is 4.94. The Bertz CT molecular complexity index is 718. The van der Waals surface area contributed by atoms with Gasteiger partial charge in [-0.1, -0.05) is 12.8 Å². The number of aromatic amines is 1. The van der Waals surface area contributed by atoms with Crippen molar-refractivity contribution in [2.24, 2.45) is 13.0 Å². The molecule has 1 saturated heterocycles. The molecule has 2 fully saturated rings. The molecule has 0 amide bonds. The summed E-state index contributed by atoms with van der Waals surface area (Å²) in [5.41, 5.74) is 0.593. The van der Waals surface area contributed by atoms with Gasteiger partial charge in [0.1, 0.15) is 11.2 Å². The molecule has 2 aromatic heterocycles. The lowest BCUT2D eigenvalue weighted by atomic mass is 9.85. The number of hydrogen-bond acceptors (Lipinski definition) is 4. The maximum Gasteiger partial charge on any atom is 0.262 e. The number of likely N-dealkylation sites (tertiary alicyclic amines) is 1. The lowest BCUT2D eigenvalue weighted by Gasteiger charge is -2.31. The maximum absolute atomic E-state index is 12.1. The molecule has 1 N–H and O–H groups in total. The minimum atomic E-state index is -0.0810. The third kappa shape index (κ3) is 2.18. The molecule has 6 nitrogen and oxygen atoms in total. The predicted molar refractivity (Wildman–Crippen MR) is 79.9 cm³/mol. The second-order valence-electron chi connectivity index (χ2n) is 6.39. The number of fused-ring (bicyclic) bond motifs is 2. The summed E-state index contributed by atoms with van der Waals surface area (Å²) in [7, 11) is 1.82. The molecule has 0 aromatic carbocycles. The third-order valence-corrected chi connectivity index (χ3v) is 5.13. The Morgan fingerprint density at radius 2 is 2.19 bits per heavy atom. The number of aryl methyl sites for hydroxylation is 1. The van der Waals surface area contributed by atoms with Crippen LogP contribution in [0.3, 0.4) is 0 Å². The van der Waals surface area contributed by atoms with E-state index < -0.39 is 0 Å². The van der Waals surface area contributed by atoms with Gasteiger partial charge in [0.15, 0.2) is 5.65 Å². The van der Waals surface area contributed by atoms with Gasteiger partial charge in [-0.2, -0.15) is 5.10 Å². The highest BCUT2D eigenvalue weighted by Crippen LogP contribution is 2.36. The largest absolute Gasteiger partial charge is 0.309 e. The Kier molecular flexibility index (Phi) is 3.06. The van der Waals surface area contributed by atoms with E-state index >= 15 is 0 Å². The van der Waals surface area contributed by atoms with Gasteiger partial charge < -0.3 is 4.98 Å². The molecule has 2 aliphatic rings. The first-order chi connectivity index (χ1) is 10.2.